The van der Waals surface area contributed by atoms with E-state index in [-0.39, 0.29) is 0 Å². The van der Waals surface area contributed by atoms with E-state index in [0.29, 0.717) is 0 Å². The average molecular weight is 819 g/mol. The van der Waals surface area contributed by atoms with E-state index >= 15 is 0 Å². The Bertz CT molecular complexity index is 3590. The van der Waals surface area contributed by atoms with Gasteiger partial charge in [0.2, 0.25) is 0 Å². The zero-order valence-corrected chi connectivity index (χ0v) is 35.1. The summed E-state index contributed by atoms with van der Waals surface area (Å²) in [7, 11) is 0. The highest BCUT2D eigenvalue weighted by atomic mass is 32.1. The SMILES string of the molecule is c1ccc(-c2ccc(-c3ccc4c(c3)c3c5sc6c(ccc7c6c6cc(-c8ccc(-c9ccccc9)cc8)ccc6n7-c6ccccc6)c5ccc3n4-c3ccccc3)cc2)cc1. The summed E-state index contributed by atoms with van der Waals surface area (Å²) in [6.07, 6.45) is 0. The molecule has 0 aliphatic heterocycles. The number of hydrogen-bond donors (Lipinski definition) is 0. The van der Waals surface area contributed by atoms with Gasteiger partial charge in [0.15, 0.2) is 0 Å². The van der Waals surface area contributed by atoms with Crippen LogP contribution in [0.3, 0.4) is 0 Å². The molecule has 0 atom stereocenters. The molecule has 0 bridgehead atoms. The number of thiophene rings is 1. The summed E-state index contributed by atoms with van der Waals surface area (Å²) in [4.78, 5) is 0. The predicted molar refractivity (Wildman–Crippen MR) is 270 cm³/mol. The normalized spacial score (nSPS) is 11.8. The molecule has 13 rings (SSSR count). The molecular formula is C60H38N2S. The molecule has 0 spiro atoms. The molecule has 3 heterocycles. The molecule has 0 amide bonds. The van der Waals surface area contributed by atoms with Gasteiger partial charge in [-0.05, 0) is 105 Å². The van der Waals surface area contributed by atoms with Crippen LogP contribution < -0.4 is 0 Å². The second-order valence-corrected chi connectivity index (χ2v) is 17.5. The summed E-state index contributed by atoms with van der Waals surface area (Å²) in [6.45, 7) is 0. The molecule has 0 N–H and O–H groups in total. The summed E-state index contributed by atoms with van der Waals surface area (Å²) in [5.41, 5.74) is 16.9. The van der Waals surface area contributed by atoms with Crippen molar-refractivity contribution in [2.75, 3.05) is 0 Å². The first kappa shape index (κ1) is 35.7. The second-order valence-electron chi connectivity index (χ2n) is 16.5. The van der Waals surface area contributed by atoms with Crippen LogP contribution in [-0.4, -0.2) is 9.13 Å². The van der Waals surface area contributed by atoms with E-state index in [0.717, 1.165) is 11.4 Å². The Kier molecular flexibility index (Phi) is 8.12. The topological polar surface area (TPSA) is 9.86 Å². The van der Waals surface area contributed by atoms with Crippen molar-refractivity contribution in [1.29, 1.82) is 0 Å². The fourth-order valence-corrected chi connectivity index (χ4v) is 11.4. The van der Waals surface area contributed by atoms with Crippen LogP contribution >= 0.6 is 11.3 Å². The quantitative estimate of drug-likeness (QED) is 0.158. The summed E-state index contributed by atoms with van der Waals surface area (Å²) in [5.74, 6) is 0. The standard InChI is InChI=1S/C60H38N2S/c1-5-13-39(14-6-1)41-21-25-43(26-22-41)45-29-33-53-51(37-45)57-55(61(53)47-17-9-3-10-18-47)35-31-49-50-32-36-56-58(60(50)63-59(49)57)52-38-46(30-34-54(52)62(56)48-19-11-4-12-20-48)44-27-23-42(24-28-44)40-15-7-2-8-16-40/h1-38H. The van der Waals surface area contributed by atoms with E-state index in [9.17, 15) is 0 Å². The van der Waals surface area contributed by atoms with Crippen LogP contribution in [0.15, 0.2) is 231 Å². The molecule has 0 aliphatic rings. The molecule has 2 nitrogen and oxygen atoms in total. The van der Waals surface area contributed by atoms with E-state index in [1.807, 2.05) is 11.3 Å². The minimum absolute atomic E-state index is 1.16. The Morgan fingerprint density at radius 3 is 0.921 bits per heavy atom. The second kappa shape index (κ2) is 14.3. The number of rotatable bonds is 6. The first-order valence-corrected chi connectivity index (χ1v) is 22.4. The first-order chi connectivity index (χ1) is 31.2. The van der Waals surface area contributed by atoms with Crippen molar-refractivity contribution in [2.24, 2.45) is 0 Å². The summed E-state index contributed by atoms with van der Waals surface area (Å²) < 4.78 is 7.53. The van der Waals surface area contributed by atoms with Gasteiger partial charge in [-0.2, -0.15) is 0 Å². The minimum Gasteiger partial charge on any atom is -0.309 e. The van der Waals surface area contributed by atoms with Gasteiger partial charge in [-0.25, -0.2) is 0 Å². The van der Waals surface area contributed by atoms with Crippen molar-refractivity contribution >= 4 is 75.1 Å². The Hall–Kier alpha value is -7.98. The smallest absolute Gasteiger partial charge is 0.0555 e. The lowest BCUT2D eigenvalue weighted by atomic mass is 9.98. The van der Waals surface area contributed by atoms with Gasteiger partial charge in [0.05, 0.1) is 22.1 Å². The number of fused-ring (bicyclic) bond motifs is 11. The van der Waals surface area contributed by atoms with Gasteiger partial charge in [-0.1, -0.05) is 170 Å². The number of nitrogens with zero attached hydrogens (tertiary/aromatic N) is 2. The fourth-order valence-electron chi connectivity index (χ4n) is 9.94. The van der Waals surface area contributed by atoms with Crippen molar-refractivity contribution in [1.82, 2.24) is 9.13 Å². The van der Waals surface area contributed by atoms with Crippen LogP contribution in [0.1, 0.15) is 0 Å². The third kappa shape index (κ3) is 5.71. The lowest BCUT2D eigenvalue weighted by molar-refractivity contribution is 1.18. The molecule has 0 fully saturated rings. The zero-order valence-electron chi connectivity index (χ0n) is 34.2. The van der Waals surface area contributed by atoms with Gasteiger partial charge >= 0.3 is 0 Å². The Morgan fingerprint density at radius 2 is 0.540 bits per heavy atom. The first-order valence-electron chi connectivity index (χ1n) is 21.6. The number of benzene rings is 10. The fraction of sp³-hybridized carbons (Fsp3) is 0. The van der Waals surface area contributed by atoms with Crippen LogP contribution in [0.5, 0.6) is 0 Å². The monoisotopic (exact) mass is 818 g/mol. The lowest BCUT2D eigenvalue weighted by Crippen LogP contribution is -1.93. The largest absolute Gasteiger partial charge is 0.309 e. The van der Waals surface area contributed by atoms with E-state index in [2.05, 4.69) is 240 Å². The maximum absolute atomic E-state index is 2.45. The molecule has 0 saturated carbocycles. The maximum atomic E-state index is 2.45. The molecule has 10 aromatic carbocycles. The third-order valence-corrected chi connectivity index (χ3v) is 14.2. The van der Waals surface area contributed by atoms with Crippen LogP contribution in [0.2, 0.25) is 0 Å². The van der Waals surface area contributed by atoms with Crippen LogP contribution in [0.25, 0.3) is 120 Å². The highest BCUT2D eigenvalue weighted by Crippen LogP contribution is 2.48. The predicted octanol–water partition coefficient (Wildman–Crippen LogP) is 16.9. The molecule has 294 valence electrons. The summed E-state index contributed by atoms with van der Waals surface area (Å²) in [5, 5.41) is 7.72. The van der Waals surface area contributed by atoms with Crippen LogP contribution in [-0.2, 0) is 0 Å². The lowest BCUT2D eigenvalue weighted by Gasteiger charge is -2.09. The molecule has 0 saturated heterocycles. The van der Waals surface area contributed by atoms with Gasteiger partial charge in [0.25, 0.3) is 0 Å². The van der Waals surface area contributed by atoms with Crippen molar-refractivity contribution < 1.29 is 0 Å². The third-order valence-electron chi connectivity index (χ3n) is 12.9. The van der Waals surface area contributed by atoms with Gasteiger partial charge in [-0.15, -0.1) is 11.3 Å². The Labute approximate surface area is 368 Å². The van der Waals surface area contributed by atoms with Crippen molar-refractivity contribution in [3.63, 3.8) is 0 Å². The average Bonchev–Trinajstić information content (AvgIpc) is 4.02. The van der Waals surface area contributed by atoms with Crippen LogP contribution in [0, 0.1) is 0 Å². The number of para-hydroxylation sites is 2. The molecule has 3 aromatic heterocycles. The number of hydrogen-bond acceptors (Lipinski definition) is 1. The van der Waals surface area contributed by atoms with E-state index in [4.69, 9.17) is 0 Å². The van der Waals surface area contributed by atoms with Crippen molar-refractivity contribution in [3.8, 4) is 55.9 Å². The highest BCUT2D eigenvalue weighted by Gasteiger charge is 2.22. The minimum atomic E-state index is 1.16. The van der Waals surface area contributed by atoms with Gasteiger partial charge in [0.1, 0.15) is 0 Å². The highest BCUT2D eigenvalue weighted by molar-refractivity contribution is 7.27. The van der Waals surface area contributed by atoms with Gasteiger partial charge < -0.3 is 9.13 Å². The van der Waals surface area contributed by atoms with E-state index < -0.39 is 0 Å². The van der Waals surface area contributed by atoms with Crippen molar-refractivity contribution in [3.05, 3.63) is 231 Å². The summed E-state index contributed by atoms with van der Waals surface area (Å²) >= 11 is 1.94. The van der Waals surface area contributed by atoms with Crippen molar-refractivity contribution in [2.45, 2.75) is 0 Å². The summed E-state index contributed by atoms with van der Waals surface area (Å²) in [6, 6.07) is 84.4. The van der Waals surface area contributed by atoms with E-state index in [1.165, 1.54) is 108 Å². The number of aromatic nitrogens is 2. The molecule has 63 heavy (non-hydrogen) atoms. The Morgan fingerprint density at radius 1 is 0.238 bits per heavy atom. The molecule has 13 aromatic rings. The van der Waals surface area contributed by atoms with Gasteiger partial charge in [-0.3, -0.25) is 0 Å². The Balaban J connectivity index is 1.06. The van der Waals surface area contributed by atoms with Gasteiger partial charge in [0, 0.05) is 53.1 Å². The maximum Gasteiger partial charge on any atom is 0.0555 e. The molecule has 3 heteroatoms. The van der Waals surface area contributed by atoms with Crippen LogP contribution in [0.4, 0.5) is 0 Å². The molecule has 0 radical (unpaired) electrons. The molecular weight excluding hydrogens is 781 g/mol. The molecule has 0 unspecified atom stereocenters. The molecule has 0 aliphatic carbocycles. The zero-order chi connectivity index (χ0) is 41.4. The van der Waals surface area contributed by atoms with E-state index in [1.54, 1.807) is 0 Å².